The highest BCUT2D eigenvalue weighted by molar-refractivity contribution is 5.69. The van der Waals surface area contributed by atoms with E-state index in [1.54, 1.807) is 0 Å². The molecule has 0 saturated heterocycles. The van der Waals surface area contributed by atoms with Crippen LogP contribution in [-0.2, 0) is 19.0 Å². The summed E-state index contributed by atoms with van der Waals surface area (Å²) in [5.41, 5.74) is -0.405. The van der Waals surface area contributed by atoms with Gasteiger partial charge in [0.25, 0.3) is 0 Å². The number of carbonyl (C=O) groups is 1. The highest BCUT2D eigenvalue weighted by Crippen LogP contribution is 2.09. The molecule has 0 rings (SSSR count). The summed E-state index contributed by atoms with van der Waals surface area (Å²) in [5.74, 6) is -0.159. The lowest BCUT2D eigenvalue weighted by atomic mass is 10.2. The molecule has 0 bridgehead atoms. The van der Waals surface area contributed by atoms with Crippen LogP contribution in [0, 0.1) is 0 Å². The maximum atomic E-state index is 11.4. The first-order valence-electron chi connectivity index (χ1n) is 6.44. The zero-order valence-corrected chi connectivity index (χ0v) is 11.7. The molecular formula is C13H26O5. The number of carbonyl (C=O) groups excluding carboxylic acids is 1. The molecule has 0 heterocycles. The molecule has 0 atom stereocenters. The number of aliphatic hydroxyl groups excluding tert-OH is 1. The van der Waals surface area contributed by atoms with Crippen LogP contribution in [0.1, 0.15) is 40.0 Å². The van der Waals surface area contributed by atoms with Gasteiger partial charge in [0.1, 0.15) is 5.60 Å². The fourth-order valence-electron chi connectivity index (χ4n) is 1.25. The van der Waals surface area contributed by atoms with Crippen molar-refractivity contribution in [2.24, 2.45) is 0 Å². The molecule has 5 heteroatoms. The van der Waals surface area contributed by atoms with Crippen molar-refractivity contribution in [3.05, 3.63) is 0 Å². The molecular weight excluding hydrogens is 236 g/mol. The maximum absolute atomic E-state index is 11.4. The molecule has 0 unspecified atom stereocenters. The van der Waals surface area contributed by atoms with Crippen LogP contribution in [0.15, 0.2) is 0 Å². The number of hydrogen-bond acceptors (Lipinski definition) is 5. The molecule has 0 aliphatic heterocycles. The Morgan fingerprint density at radius 3 is 2.17 bits per heavy atom. The largest absolute Gasteiger partial charge is 0.460 e. The van der Waals surface area contributed by atoms with Gasteiger partial charge in [-0.3, -0.25) is 4.79 Å². The van der Waals surface area contributed by atoms with E-state index in [4.69, 9.17) is 19.3 Å². The third-order valence-electron chi connectivity index (χ3n) is 1.95. The maximum Gasteiger partial charge on any atom is 0.306 e. The monoisotopic (exact) mass is 262 g/mol. The van der Waals surface area contributed by atoms with E-state index in [9.17, 15) is 4.79 Å². The van der Waals surface area contributed by atoms with Crippen LogP contribution in [-0.4, -0.2) is 49.7 Å². The molecule has 0 fully saturated rings. The summed E-state index contributed by atoms with van der Waals surface area (Å²) in [5, 5.41) is 8.46. The van der Waals surface area contributed by atoms with Crippen LogP contribution in [0.3, 0.4) is 0 Å². The highest BCUT2D eigenvalue weighted by atomic mass is 16.6. The lowest BCUT2D eigenvalue weighted by Crippen LogP contribution is -2.23. The predicted molar refractivity (Wildman–Crippen MR) is 68.4 cm³/mol. The molecule has 108 valence electrons. The van der Waals surface area contributed by atoms with Crippen LogP contribution in [0.2, 0.25) is 0 Å². The SMILES string of the molecule is CC(C)(C)OC(=O)CCCCOCCOCCO. The van der Waals surface area contributed by atoms with Gasteiger partial charge in [0.15, 0.2) is 0 Å². The number of hydrogen-bond donors (Lipinski definition) is 1. The summed E-state index contributed by atoms with van der Waals surface area (Å²) in [6.45, 7) is 7.60. The third kappa shape index (κ3) is 13.4. The molecule has 0 aromatic carbocycles. The molecule has 0 saturated carbocycles. The minimum atomic E-state index is -0.405. The van der Waals surface area contributed by atoms with Crippen LogP contribution < -0.4 is 0 Å². The Balaban J connectivity index is 3.23. The quantitative estimate of drug-likeness (QED) is 0.478. The molecule has 0 spiro atoms. The highest BCUT2D eigenvalue weighted by Gasteiger charge is 2.15. The molecule has 18 heavy (non-hydrogen) atoms. The van der Waals surface area contributed by atoms with Crippen molar-refractivity contribution in [1.82, 2.24) is 0 Å². The first kappa shape index (κ1) is 17.4. The van der Waals surface area contributed by atoms with Gasteiger partial charge in [0.2, 0.25) is 0 Å². The standard InChI is InChI=1S/C13H26O5/c1-13(2,3)18-12(15)6-4-5-8-16-10-11-17-9-7-14/h14H,4-11H2,1-3H3. The Hall–Kier alpha value is -0.650. The normalized spacial score (nSPS) is 11.6. The lowest BCUT2D eigenvalue weighted by molar-refractivity contribution is -0.154. The molecule has 0 aliphatic rings. The second-order valence-corrected chi connectivity index (χ2v) is 4.99. The fraction of sp³-hybridized carbons (Fsp3) is 0.923. The molecule has 0 aromatic heterocycles. The minimum Gasteiger partial charge on any atom is -0.460 e. The molecule has 0 radical (unpaired) electrons. The van der Waals surface area contributed by atoms with Crippen LogP contribution in [0.4, 0.5) is 0 Å². The minimum absolute atomic E-state index is 0.0376. The van der Waals surface area contributed by atoms with Crippen molar-refractivity contribution in [1.29, 1.82) is 0 Å². The van der Waals surface area contributed by atoms with Crippen molar-refractivity contribution >= 4 is 5.97 Å². The van der Waals surface area contributed by atoms with E-state index in [0.717, 1.165) is 12.8 Å². The van der Waals surface area contributed by atoms with Crippen molar-refractivity contribution in [2.45, 2.75) is 45.6 Å². The molecule has 1 N–H and O–H groups in total. The second-order valence-electron chi connectivity index (χ2n) is 4.99. The summed E-state index contributed by atoms with van der Waals surface area (Å²) in [4.78, 5) is 11.4. The summed E-state index contributed by atoms with van der Waals surface area (Å²) < 4.78 is 15.5. The van der Waals surface area contributed by atoms with Gasteiger partial charge < -0.3 is 19.3 Å². The van der Waals surface area contributed by atoms with Crippen LogP contribution >= 0.6 is 0 Å². The molecule has 5 nitrogen and oxygen atoms in total. The number of ether oxygens (including phenoxy) is 3. The molecule has 0 amide bonds. The van der Waals surface area contributed by atoms with E-state index in [1.165, 1.54) is 0 Å². The Labute approximate surface area is 109 Å². The van der Waals surface area contributed by atoms with Gasteiger partial charge in [-0.1, -0.05) is 0 Å². The number of aliphatic hydroxyl groups is 1. The summed E-state index contributed by atoms with van der Waals surface area (Å²) in [6.07, 6.45) is 2.04. The van der Waals surface area contributed by atoms with Crippen molar-refractivity contribution in [3.8, 4) is 0 Å². The Kier molecular flexibility index (Phi) is 9.92. The van der Waals surface area contributed by atoms with Gasteiger partial charge in [-0.2, -0.15) is 0 Å². The predicted octanol–water partition coefficient (Wildman–Crippen LogP) is 1.52. The van der Waals surface area contributed by atoms with E-state index < -0.39 is 5.60 Å². The Morgan fingerprint density at radius 1 is 1.00 bits per heavy atom. The molecule has 0 aromatic rings. The topological polar surface area (TPSA) is 65.0 Å². The summed E-state index contributed by atoms with van der Waals surface area (Å²) in [7, 11) is 0. The summed E-state index contributed by atoms with van der Waals surface area (Å²) >= 11 is 0. The van der Waals surface area contributed by atoms with E-state index in [-0.39, 0.29) is 12.6 Å². The number of esters is 1. The Bertz CT molecular complexity index is 210. The average molecular weight is 262 g/mol. The second kappa shape index (κ2) is 10.3. The lowest BCUT2D eigenvalue weighted by Gasteiger charge is -2.19. The average Bonchev–Trinajstić information content (AvgIpc) is 2.24. The third-order valence-corrected chi connectivity index (χ3v) is 1.95. The zero-order chi connectivity index (χ0) is 13.9. The van der Waals surface area contributed by atoms with E-state index in [1.807, 2.05) is 20.8 Å². The summed E-state index contributed by atoms with van der Waals surface area (Å²) in [6, 6.07) is 0. The van der Waals surface area contributed by atoms with Gasteiger partial charge >= 0.3 is 5.97 Å². The van der Waals surface area contributed by atoms with Crippen LogP contribution in [0.5, 0.6) is 0 Å². The van der Waals surface area contributed by atoms with Gasteiger partial charge in [-0.05, 0) is 33.6 Å². The van der Waals surface area contributed by atoms with Gasteiger partial charge in [0, 0.05) is 13.0 Å². The van der Waals surface area contributed by atoms with Crippen molar-refractivity contribution in [3.63, 3.8) is 0 Å². The molecule has 0 aliphatic carbocycles. The first-order valence-corrected chi connectivity index (χ1v) is 6.44. The van der Waals surface area contributed by atoms with E-state index in [0.29, 0.717) is 32.8 Å². The van der Waals surface area contributed by atoms with Crippen molar-refractivity contribution < 1.29 is 24.1 Å². The van der Waals surface area contributed by atoms with Gasteiger partial charge in [0.05, 0.1) is 26.4 Å². The zero-order valence-electron chi connectivity index (χ0n) is 11.7. The number of unbranched alkanes of at least 4 members (excludes halogenated alkanes) is 1. The van der Waals surface area contributed by atoms with Gasteiger partial charge in [-0.25, -0.2) is 0 Å². The van der Waals surface area contributed by atoms with Crippen molar-refractivity contribution in [2.75, 3.05) is 33.0 Å². The van der Waals surface area contributed by atoms with Crippen LogP contribution in [0.25, 0.3) is 0 Å². The number of rotatable bonds is 10. The van der Waals surface area contributed by atoms with E-state index >= 15 is 0 Å². The van der Waals surface area contributed by atoms with Gasteiger partial charge in [-0.15, -0.1) is 0 Å². The van der Waals surface area contributed by atoms with E-state index in [2.05, 4.69) is 0 Å². The fourth-order valence-corrected chi connectivity index (χ4v) is 1.25. The smallest absolute Gasteiger partial charge is 0.306 e. The first-order chi connectivity index (χ1) is 8.45. The Morgan fingerprint density at radius 2 is 1.61 bits per heavy atom.